The van der Waals surface area contributed by atoms with Gasteiger partial charge in [0, 0.05) is 6.04 Å². The molecule has 0 radical (unpaired) electrons. The van der Waals surface area contributed by atoms with Crippen molar-refractivity contribution >= 4 is 15.7 Å². The first kappa shape index (κ1) is 16.0. The first-order valence-electron chi connectivity index (χ1n) is 6.80. The summed E-state index contributed by atoms with van der Waals surface area (Å²) in [6, 6.07) is 2.01. The zero-order valence-electron chi connectivity index (χ0n) is 12.4. The fourth-order valence-electron chi connectivity index (χ4n) is 2.78. The molecule has 1 aliphatic carbocycles. The maximum absolute atomic E-state index is 13.8. The van der Waals surface area contributed by atoms with E-state index in [0.717, 1.165) is 25.3 Å². The molecule has 0 aliphatic heterocycles. The largest absolute Gasteiger partial charge is 0.492 e. The van der Waals surface area contributed by atoms with Crippen LogP contribution in [0.15, 0.2) is 17.0 Å². The van der Waals surface area contributed by atoms with E-state index in [9.17, 15) is 12.8 Å². The lowest BCUT2D eigenvalue weighted by Crippen LogP contribution is -2.33. The summed E-state index contributed by atoms with van der Waals surface area (Å²) in [5.41, 5.74) is 5.71. The van der Waals surface area contributed by atoms with Crippen molar-refractivity contribution in [3.63, 3.8) is 0 Å². The normalized spacial score (nSPS) is 21.4. The Labute approximate surface area is 124 Å². The van der Waals surface area contributed by atoms with Crippen LogP contribution < -0.4 is 15.2 Å². The molecule has 0 saturated heterocycles. The fraction of sp³-hybridized carbons (Fsp3) is 0.571. The van der Waals surface area contributed by atoms with E-state index in [2.05, 4.69) is 18.6 Å². The van der Waals surface area contributed by atoms with Crippen molar-refractivity contribution in [3.05, 3.63) is 17.9 Å². The van der Waals surface area contributed by atoms with Crippen molar-refractivity contribution in [2.75, 3.05) is 12.8 Å². The van der Waals surface area contributed by atoms with Crippen LogP contribution in [0, 0.1) is 11.2 Å². The highest BCUT2D eigenvalue weighted by molar-refractivity contribution is 7.89. The molecule has 5 nitrogen and oxygen atoms in total. The van der Waals surface area contributed by atoms with Gasteiger partial charge in [0.2, 0.25) is 10.0 Å². The summed E-state index contributed by atoms with van der Waals surface area (Å²) in [4.78, 5) is -0.178. The van der Waals surface area contributed by atoms with Gasteiger partial charge in [-0.05, 0) is 36.8 Å². The Morgan fingerprint density at radius 2 is 2.10 bits per heavy atom. The van der Waals surface area contributed by atoms with E-state index >= 15 is 0 Å². The number of methoxy groups -OCH3 is 1. The Kier molecular flexibility index (Phi) is 4.17. The maximum Gasteiger partial charge on any atom is 0.241 e. The zero-order chi connectivity index (χ0) is 15.8. The number of ether oxygens (including phenoxy) is 1. The van der Waals surface area contributed by atoms with Gasteiger partial charge in [0.15, 0.2) is 11.6 Å². The van der Waals surface area contributed by atoms with E-state index in [0.29, 0.717) is 0 Å². The van der Waals surface area contributed by atoms with Crippen molar-refractivity contribution in [1.82, 2.24) is 4.72 Å². The van der Waals surface area contributed by atoms with Crippen LogP contribution in [0.5, 0.6) is 5.75 Å². The van der Waals surface area contributed by atoms with E-state index in [4.69, 9.17) is 10.5 Å². The molecule has 0 aromatic heterocycles. The molecule has 0 bridgehead atoms. The van der Waals surface area contributed by atoms with Gasteiger partial charge >= 0.3 is 0 Å². The van der Waals surface area contributed by atoms with Crippen LogP contribution in [-0.4, -0.2) is 21.6 Å². The molecule has 3 N–H and O–H groups in total. The van der Waals surface area contributed by atoms with Gasteiger partial charge in [0.1, 0.15) is 0 Å². The van der Waals surface area contributed by atoms with Crippen molar-refractivity contribution in [2.24, 2.45) is 5.41 Å². The van der Waals surface area contributed by atoms with Gasteiger partial charge in [0.05, 0.1) is 17.7 Å². The lowest BCUT2D eigenvalue weighted by molar-refractivity contribution is 0.372. The van der Waals surface area contributed by atoms with Gasteiger partial charge in [-0.15, -0.1) is 0 Å². The highest BCUT2D eigenvalue weighted by Gasteiger charge is 2.33. The van der Waals surface area contributed by atoms with E-state index in [1.165, 1.54) is 13.2 Å². The number of anilines is 1. The Morgan fingerprint density at radius 3 is 2.57 bits per heavy atom. The Balaban J connectivity index is 2.24. The molecule has 1 fully saturated rings. The third-order valence-electron chi connectivity index (χ3n) is 3.85. The van der Waals surface area contributed by atoms with E-state index < -0.39 is 15.8 Å². The highest BCUT2D eigenvalue weighted by atomic mass is 32.2. The van der Waals surface area contributed by atoms with E-state index in [1.54, 1.807) is 0 Å². The van der Waals surface area contributed by atoms with Crippen molar-refractivity contribution in [1.29, 1.82) is 0 Å². The summed E-state index contributed by atoms with van der Waals surface area (Å²) in [6.07, 6.45) is 2.50. The lowest BCUT2D eigenvalue weighted by atomic mass is 9.92. The number of rotatable bonds is 4. The summed E-state index contributed by atoms with van der Waals surface area (Å²) in [6.45, 7) is 4.21. The predicted molar refractivity (Wildman–Crippen MR) is 79.1 cm³/mol. The molecular weight excluding hydrogens is 295 g/mol. The highest BCUT2D eigenvalue weighted by Crippen LogP contribution is 2.37. The van der Waals surface area contributed by atoms with Crippen LogP contribution in [0.4, 0.5) is 10.1 Å². The Bertz CT molecular complexity index is 621. The van der Waals surface area contributed by atoms with Gasteiger partial charge in [0.25, 0.3) is 0 Å². The summed E-state index contributed by atoms with van der Waals surface area (Å²) in [7, 11) is -2.51. The average Bonchev–Trinajstić information content (AvgIpc) is 2.67. The van der Waals surface area contributed by atoms with Crippen LogP contribution in [-0.2, 0) is 10.0 Å². The van der Waals surface area contributed by atoms with Crippen LogP contribution in [0.2, 0.25) is 0 Å². The minimum atomic E-state index is -3.79. The molecule has 0 heterocycles. The van der Waals surface area contributed by atoms with Crippen molar-refractivity contribution in [2.45, 2.75) is 44.0 Å². The molecule has 0 spiro atoms. The third-order valence-corrected chi connectivity index (χ3v) is 5.35. The number of nitrogens with one attached hydrogen (secondary N) is 1. The molecule has 1 unspecified atom stereocenters. The number of benzene rings is 1. The monoisotopic (exact) mass is 316 g/mol. The number of nitrogen functional groups attached to an aromatic ring is 1. The smallest absolute Gasteiger partial charge is 0.241 e. The molecule has 1 atom stereocenters. The summed E-state index contributed by atoms with van der Waals surface area (Å²) in [5, 5.41) is 0. The molecule has 1 aromatic rings. The molecule has 1 saturated carbocycles. The molecular formula is C14H21FN2O3S. The molecule has 1 aliphatic rings. The predicted octanol–water partition coefficient (Wildman–Crippen LogP) is 2.27. The summed E-state index contributed by atoms with van der Waals surface area (Å²) in [5.74, 6) is -0.930. The van der Waals surface area contributed by atoms with Gasteiger partial charge in [-0.2, -0.15) is 0 Å². The van der Waals surface area contributed by atoms with Crippen molar-refractivity contribution in [3.8, 4) is 5.75 Å². The van der Waals surface area contributed by atoms with Gasteiger partial charge in [-0.3, -0.25) is 0 Å². The minimum Gasteiger partial charge on any atom is -0.492 e. The van der Waals surface area contributed by atoms with Gasteiger partial charge < -0.3 is 10.5 Å². The van der Waals surface area contributed by atoms with Crippen LogP contribution in [0.1, 0.15) is 33.1 Å². The molecule has 2 rings (SSSR count). The van der Waals surface area contributed by atoms with Gasteiger partial charge in [-0.25, -0.2) is 17.5 Å². The fourth-order valence-corrected chi connectivity index (χ4v) is 4.10. The second-order valence-electron chi connectivity index (χ2n) is 6.25. The second kappa shape index (κ2) is 5.46. The number of sulfonamides is 1. The van der Waals surface area contributed by atoms with E-state index in [1.807, 2.05) is 0 Å². The van der Waals surface area contributed by atoms with E-state index in [-0.39, 0.29) is 27.8 Å². The standard InChI is InChI=1S/C14H21FN2O3S/c1-14(2)5-4-9(8-14)17-21(18,19)10-6-11(15)13(20-3)12(16)7-10/h6-7,9,17H,4-5,8,16H2,1-3H3. The molecule has 7 heteroatoms. The number of nitrogens with two attached hydrogens (primary N) is 1. The van der Waals surface area contributed by atoms with Crippen LogP contribution in [0.3, 0.4) is 0 Å². The van der Waals surface area contributed by atoms with Crippen molar-refractivity contribution < 1.29 is 17.5 Å². The topological polar surface area (TPSA) is 81.4 Å². The molecule has 118 valence electrons. The molecule has 1 aromatic carbocycles. The van der Waals surface area contributed by atoms with Gasteiger partial charge in [-0.1, -0.05) is 13.8 Å². The minimum absolute atomic E-state index is 0.0374. The lowest BCUT2D eigenvalue weighted by Gasteiger charge is -2.18. The number of hydrogen-bond donors (Lipinski definition) is 2. The van der Waals surface area contributed by atoms with Crippen LogP contribution in [0.25, 0.3) is 0 Å². The second-order valence-corrected chi connectivity index (χ2v) is 7.97. The first-order valence-corrected chi connectivity index (χ1v) is 8.28. The Hall–Kier alpha value is -1.34. The quantitative estimate of drug-likeness (QED) is 0.835. The summed E-state index contributed by atoms with van der Waals surface area (Å²) >= 11 is 0. The zero-order valence-corrected chi connectivity index (χ0v) is 13.3. The molecule has 0 amide bonds. The maximum atomic E-state index is 13.8. The average molecular weight is 316 g/mol. The Morgan fingerprint density at radius 1 is 1.43 bits per heavy atom. The van der Waals surface area contributed by atoms with Crippen LogP contribution >= 0.6 is 0 Å². The summed E-state index contributed by atoms with van der Waals surface area (Å²) < 4.78 is 45.9. The first-order chi connectivity index (χ1) is 9.64. The molecule has 21 heavy (non-hydrogen) atoms. The number of halogens is 1. The number of hydrogen-bond acceptors (Lipinski definition) is 4. The third kappa shape index (κ3) is 3.47. The SMILES string of the molecule is COc1c(N)cc(S(=O)(=O)NC2CCC(C)(C)C2)cc1F.